The summed E-state index contributed by atoms with van der Waals surface area (Å²) >= 11 is 0. The minimum Gasteiger partial charge on any atom is -0.478 e. The summed E-state index contributed by atoms with van der Waals surface area (Å²) in [7, 11) is 0. The Bertz CT molecular complexity index is 991. The Kier molecular flexibility index (Phi) is 7.06. The number of hydrogen-bond acceptors (Lipinski definition) is 3. The molecule has 1 aliphatic heterocycles. The molecule has 0 saturated carbocycles. The lowest BCUT2D eigenvalue weighted by atomic mass is 9.96. The molecule has 1 unspecified atom stereocenters. The Morgan fingerprint density at radius 1 is 1.12 bits per heavy atom. The van der Waals surface area contributed by atoms with E-state index in [-0.39, 0.29) is 18.7 Å². The Morgan fingerprint density at radius 2 is 1.73 bits per heavy atom. The lowest BCUT2D eigenvalue weighted by molar-refractivity contribution is -0.138. The summed E-state index contributed by atoms with van der Waals surface area (Å²) in [5.74, 6) is -4.76. The molecule has 0 spiro atoms. The average molecular weight is 470 g/mol. The van der Waals surface area contributed by atoms with Crippen LogP contribution >= 0.6 is 0 Å². The fourth-order valence-electron chi connectivity index (χ4n) is 3.77. The molecule has 0 radical (unpaired) electrons. The van der Waals surface area contributed by atoms with Crippen molar-refractivity contribution < 1.29 is 36.6 Å². The molecule has 0 aliphatic carbocycles. The minimum absolute atomic E-state index is 0.0496. The molecular weight excluding hydrogens is 447 g/mol. The number of benzene rings is 2. The van der Waals surface area contributed by atoms with Gasteiger partial charge in [0.05, 0.1) is 23.2 Å². The number of amides is 1. The van der Waals surface area contributed by atoms with E-state index in [1.807, 2.05) is 0 Å². The van der Waals surface area contributed by atoms with Gasteiger partial charge in [0.1, 0.15) is 0 Å². The number of nitrogens with one attached hydrogen (secondary N) is 1. The number of carbonyl (C=O) groups excluding carboxylic acids is 1. The van der Waals surface area contributed by atoms with Crippen LogP contribution in [-0.4, -0.2) is 40.4 Å². The lowest BCUT2D eigenvalue weighted by Crippen LogP contribution is -2.54. The number of carboxylic acids is 1. The highest BCUT2D eigenvalue weighted by atomic mass is 19.4. The van der Waals surface area contributed by atoms with E-state index in [4.69, 9.17) is 5.11 Å². The van der Waals surface area contributed by atoms with E-state index in [9.17, 15) is 31.5 Å². The molecule has 2 atom stereocenters. The van der Waals surface area contributed by atoms with Crippen LogP contribution in [0.4, 0.5) is 22.0 Å². The quantitative estimate of drug-likeness (QED) is 0.591. The smallest absolute Gasteiger partial charge is 0.416 e. The molecule has 178 valence electrons. The highest BCUT2D eigenvalue weighted by molar-refractivity contribution is 5.87. The monoisotopic (exact) mass is 470 g/mol. The molecule has 2 aromatic carbocycles. The molecule has 1 amide bonds. The molecule has 10 heteroatoms. The number of carboxylic acid groups (broad SMARTS) is 1. The number of piperidine rings is 1. The third kappa shape index (κ3) is 6.28. The van der Waals surface area contributed by atoms with Crippen molar-refractivity contribution in [3.63, 3.8) is 0 Å². The van der Waals surface area contributed by atoms with Crippen molar-refractivity contribution in [1.82, 2.24) is 10.2 Å². The van der Waals surface area contributed by atoms with Crippen molar-refractivity contribution in [3.8, 4) is 0 Å². The maximum absolute atomic E-state index is 14.1. The summed E-state index contributed by atoms with van der Waals surface area (Å²) in [6.45, 7) is 1.61. The second-order valence-corrected chi connectivity index (χ2v) is 8.15. The highest BCUT2D eigenvalue weighted by Crippen LogP contribution is 2.34. The zero-order valence-corrected chi connectivity index (χ0v) is 17.7. The van der Waals surface area contributed by atoms with Gasteiger partial charge in [0.2, 0.25) is 5.91 Å². The van der Waals surface area contributed by atoms with Gasteiger partial charge >= 0.3 is 12.1 Å². The van der Waals surface area contributed by atoms with Gasteiger partial charge in [0, 0.05) is 25.9 Å². The minimum atomic E-state index is -4.48. The fourth-order valence-corrected chi connectivity index (χ4v) is 3.77. The van der Waals surface area contributed by atoms with Crippen LogP contribution in [-0.2, 0) is 17.5 Å². The number of aromatic carboxylic acids is 1. The number of rotatable bonds is 6. The van der Waals surface area contributed by atoms with Crippen LogP contribution < -0.4 is 5.32 Å². The van der Waals surface area contributed by atoms with Gasteiger partial charge in [-0.15, -0.1) is 0 Å². The number of halogens is 5. The molecule has 33 heavy (non-hydrogen) atoms. The van der Waals surface area contributed by atoms with Gasteiger partial charge in [-0.1, -0.05) is 24.3 Å². The highest BCUT2D eigenvalue weighted by Gasteiger charge is 2.43. The van der Waals surface area contributed by atoms with Crippen LogP contribution in [0.3, 0.4) is 0 Å². The molecule has 2 aromatic rings. The van der Waals surface area contributed by atoms with Gasteiger partial charge < -0.3 is 10.4 Å². The van der Waals surface area contributed by atoms with Gasteiger partial charge in [-0.05, 0) is 42.3 Å². The first-order chi connectivity index (χ1) is 15.4. The van der Waals surface area contributed by atoms with Gasteiger partial charge in [0.15, 0.2) is 0 Å². The topological polar surface area (TPSA) is 69.6 Å². The third-order valence-electron chi connectivity index (χ3n) is 5.68. The first kappa shape index (κ1) is 24.6. The first-order valence-corrected chi connectivity index (χ1v) is 10.3. The molecular formula is C23H23F5N2O3. The standard InChI is InChI=1S/C23H23F5N2O3/c1-14(16-4-6-17(7-5-16)21(32)33)29-20(31)19-12-22(24,25)10-11-30(19)13-15-2-8-18(9-3-15)23(26,27)28/h2-9,14,19H,10-13H2,1H3,(H,29,31)(H,32,33)/t14-,19?/m0/s1. The molecule has 1 heterocycles. The summed E-state index contributed by atoms with van der Waals surface area (Å²) in [6, 6.07) is 8.48. The molecule has 1 aliphatic rings. The van der Waals surface area contributed by atoms with Gasteiger partial charge in [0.25, 0.3) is 5.92 Å². The average Bonchev–Trinajstić information content (AvgIpc) is 2.74. The van der Waals surface area contributed by atoms with E-state index >= 15 is 0 Å². The van der Waals surface area contributed by atoms with Crippen molar-refractivity contribution >= 4 is 11.9 Å². The van der Waals surface area contributed by atoms with Gasteiger partial charge in [-0.3, -0.25) is 9.69 Å². The number of hydrogen-bond donors (Lipinski definition) is 2. The molecule has 2 N–H and O–H groups in total. The van der Waals surface area contributed by atoms with Crippen LogP contribution in [0, 0.1) is 0 Å². The zero-order valence-electron chi connectivity index (χ0n) is 17.7. The molecule has 1 fully saturated rings. The lowest BCUT2D eigenvalue weighted by Gasteiger charge is -2.39. The second kappa shape index (κ2) is 9.46. The summed E-state index contributed by atoms with van der Waals surface area (Å²) in [5.41, 5.74) is 0.342. The predicted octanol–water partition coefficient (Wildman–Crippen LogP) is 4.88. The number of likely N-dealkylation sites (tertiary alicyclic amines) is 1. The Hall–Kier alpha value is -3.01. The number of carbonyl (C=O) groups is 2. The third-order valence-corrected chi connectivity index (χ3v) is 5.68. The first-order valence-electron chi connectivity index (χ1n) is 10.3. The molecule has 0 aromatic heterocycles. The van der Waals surface area contributed by atoms with E-state index in [1.54, 1.807) is 6.92 Å². The van der Waals surface area contributed by atoms with E-state index in [0.717, 1.165) is 12.1 Å². The summed E-state index contributed by atoms with van der Waals surface area (Å²) in [4.78, 5) is 25.4. The number of nitrogens with zero attached hydrogens (tertiary/aromatic N) is 1. The van der Waals surface area contributed by atoms with Crippen LogP contribution in [0.5, 0.6) is 0 Å². The zero-order chi connectivity index (χ0) is 24.4. The summed E-state index contributed by atoms with van der Waals surface area (Å²) in [6.07, 6.45) is -5.64. The maximum atomic E-state index is 14.1. The van der Waals surface area contributed by atoms with E-state index in [0.29, 0.717) is 11.1 Å². The van der Waals surface area contributed by atoms with Gasteiger partial charge in [-0.2, -0.15) is 13.2 Å². The second-order valence-electron chi connectivity index (χ2n) is 8.15. The van der Waals surface area contributed by atoms with Crippen LogP contribution in [0.1, 0.15) is 52.9 Å². The normalized spacial score (nSPS) is 19.6. The largest absolute Gasteiger partial charge is 0.478 e. The molecule has 1 saturated heterocycles. The van der Waals surface area contributed by atoms with Crippen LogP contribution in [0.2, 0.25) is 0 Å². The summed E-state index contributed by atoms with van der Waals surface area (Å²) < 4.78 is 66.5. The van der Waals surface area contributed by atoms with Crippen LogP contribution in [0.25, 0.3) is 0 Å². The van der Waals surface area contributed by atoms with E-state index in [2.05, 4.69) is 5.32 Å². The Labute approximate surface area is 187 Å². The van der Waals surface area contributed by atoms with E-state index < -0.39 is 54.5 Å². The van der Waals surface area contributed by atoms with Gasteiger partial charge in [-0.25, -0.2) is 13.6 Å². The number of alkyl halides is 5. The van der Waals surface area contributed by atoms with Crippen molar-refractivity contribution in [1.29, 1.82) is 0 Å². The Morgan fingerprint density at radius 3 is 2.27 bits per heavy atom. The van der Waals surface area contributed by atoms with Crippen molar-refractivity contribution in [2.75, 3.05) is 6.54 Å². The molecule has 0 bridgehead atoms. The molecule has 5 nitrogen and oxygen atoms in total. The van der Waals surface area contributed by atoms with Crippen molar-refractivity contribution in [2.24, 2.45) is 0 Å². The van der Waals surface area contributed by atoms with E-state index in [1.165, 1.54) is 41.3 Å². The predicted molar refractivity (Wildman–Crippen MR) is 110 cm³/mol. The van der Waals surface area contributed by atoms with Crippen LogP contribution in [0.15, 0.2) is 48.5 Å². The van der Waals surface area contributed by atoms with Crippen molar-refractivity contribution in [3.05, 3.63) is 70.8 Å². The maximum Gasteiger partial charge on any atom is 0.416 e. The summed E-state index contributed by atoms with van der Waals surface area (Å²) in [5, 5.41) is 11.7. The Balaban J connectivity index is 1.72. The molecule has 3 rings (SSSR count). The van der Waals surface area contributed by atoms with Crippen molar-refractivity contribution in [2.45, 2.75) is 50.5 Å². The fraction of sp³-hybridized carbons (Fsp3) is 0.391. The SMILES string of the molecule is C[C@H](NC(=O)C1CC(F)(F)CCN1Cc1ccc(C(F)(F)F)cc1)c1ccc(C(=O)O)cc1.